The van der Waals surface area contributed by atoms with Crippen molar-refractivity contribution < 1.29 is 23.9 Å². The highest BCUT2D eigenvalue weighted by molar-refractivity contribution is 5.91. The van der Waals surface area contributed by atoms with Crippen LogP contribution < -0.4 is 15.8 Å². The predicted octanol–water partition coefficient (Wildman–Crippen LogP) is 1.40. The normalized spacial score (nSPS) is 14.6. The number of amides is 2. The Hall–Kier alpha value is -2.57. The quantitative estimate of drug-likeness (QED) is 0.691. The first-order chi connectivity index (χ1) is 12.0. The molecule has 1 fully saturated rings. The number of carbonyl (C=O) groups excluding carboxylic acids is 3. The zero-order chi connectivity index (χ0) is 18.1. The molecule has 3 N–H and O–H groups in total. The third-order valence-corrected chi connectivity index (χ3v) is 4.12. The zero-order valence-electron chi connectivity index (χ0n) is 14.2. The molecule has 1 aliphatic rings. The predicted molar refractivity (Wildman–Crippen MR) is 91.0 cm³/mol. The molecule has 0 aromatic heterocycles. The third kappa shape index (κ3) is 6.82. The van der Waals surface area contributed by atoms with Crippen LogP contribution in [0.1, 0.15) is 42.5 Å². The Morgan fingerprint density at radius 2 is 1.72 bits per heavy atom. The average Bonchev–Trinajstić information content (AvgIpc) is 2.64. The number of rotatable bonds is 8. The van der Waals surface area contributed by atoms with Gasteiger partial charge in [-0.3, -0.25) is 9.59 Å². The van der Waals surface area contributed by atoms with Crippen molar-refractivity contribution in [2.45, 2.75) is 32.1 Å². The van der Waals surface area contributed by atoms with Gasteiger partial charge in [0, 0.05) is 6.54 Å². The summed E-state index contributed by atoms with van der Waals surface area (Å²) >= 11 is 0. The fourth-order valence-electron chi connectivity index (χ4n) is 2.76. The summed E-state index contributed by atoms with van der Waals surface area (Å²) < 4.78 is 10.1. The fourth-order valence-corrected chi connectivity index (χ4v) is 2.76. The van der Waals surface area contributed by atoms with Crippen LogP contribution in [0.2, 0.25) is 0 Å². The first-order valence-electron chi connectivity index (χ1n) is 8.49. The molecule has 2 rings (SSSR count). The van der Waals surface area contributed by atoms with Gasteiger partial charge in [-0.15, -0.1) is 0 Å². The van der Waals surface area contributed by atoms with Gasteiger partial charge in [-0.1, -0.05) is 19.3 Å². The number of hydrogen-bond donors (Lipinski definition) is 2. The van der Waals surface area contributed by atoms with Crippen LogP contribution in [0.25, 0.3) is 0 Å². The van der Waals surface area contributed by atoms with Crippen LogP contribution in [0.15, 0.2) is 24.3 Å². The lowest BCUT2D eigenvalue weighted by atomic mass is 9.89. The van der Waals surface area contributed by atoms with Crippen molar-refractivity contribution in [2.75, 3.05) is 19.8 Å². The molecular weight excluding hydrogens is 324 g/mol. The molecule has 0 atom stereocenters. The van der Waals surface area contributed by atoms with Crippen LogP contribution in [-0.4, -0.2) is 37.5 Å². The van der Waals surface area contributed by atoms with Gasteiger partial charge in [0.25, 0.3) is 11.8 Å². The van der Waals surface area contributed by atoms with Crippen molar-refractivity contribution in [3.8, 4) is 5.75 Å². The number of nitrogens with two attached hydrogens (primary N) is 1. The minimum atomic E-state index is -0.589. The summed E-state index contributed by atoms with van der Waals surface area (Å²) in [4.78, 5) is 34.3. The molecule has 1 aromatic rings. The van der Waals surface area contributed by atoms with E-state index < -0.39 is 11.9 Å². The molecule has 0 unspecified atom stereocenters. The monoisotopic (exact) mass is 348 g/mol. The Morgan fingerprint density at radius 3 is 2.36 bits per heavy atom. The maximum absolute atomic E-state index is 11.9. The second kappa shape index (κ2) is 9.66. The SMILES string of the molecule is NC(=O)COc1ccc(C(=O)OCC(=O)NCC2CCCCC2)cc1. The number of hydrogen-bond acceptors (Lipinski definition) is 5. The molecule has 0 radical (unpaired) electrons. The zero-order valence-corrected chi connectivity index (χ0v) is 14.2. The summed E-state index contributed by atoms with van der Waals surface area (Å²) in [6.45, 7) is 0.110. The topological polar surface area (TPSA) is 108 Å². The van der Waals surface area contributed by atoms with Crippen LogP contribution in [0, 0.1) is 5.92 Å². The summed E-state index contributed by atoms with van der Waals surface area (Å²) in [7, 11) is 0. The Morgan fingerprint density at radius 1 is 1.04 bits per heavy atom. The molecular formula is C18H24N2O5. The molecule has 7 heteroatoms. The van der Waals surface area contributed by atoms with Crippen LogP contribution in [0.5, 0.6) is 5.75 Å². The fraction of sp³-hybridized carbons (Fsp3) is 0.500. The molecule has 0 aliphatic heterocycles. The van der Waals surface area contributed by atoms with Gasteiger partial charge >= 0.3 is 5.97 Å². The van der Waals surface area contributed by atoms with Gasteiger partial charge in [0.05, 0.1) is 5.56 Å². The average molecular weight is 348 g/mol. The van der Waals surface area contributed by atoms with E-state index in [-0.39, 0.29) is 19.1 Å². The van der Waals surface area contributed by atoms with Gasteiger partial charge in [-0.05, 0) is 43.0 Å². The molecule has 0 saturated heterocycles. The van der Waals surface area contributed by atoms with Gasteiger partial charge < -0.3 is 20.5 Å². The minimum absolute atomic E-state index is 0.231. The molecule has 0 heterocycles. The van der Waals surface area contributed by atoms with Gasteiger partial charge in [0.2, 0.25) is 0 Å². The molecule has 0 bridgehead atoms. The lowest BCUT2D eigenvalue weighted by molar-refractivity contribution is -0.124. The van der Waals surface area contributed by atoms with Crippen molar-refractivity contribution in [2.24, 2.45) is 11.7 Å². The van der Waals surface area contributed by atoms with E-state index in [1.54, 1.807) is 0 Å². The van der Waals surface area contributed by atoms with E-state index in [9.17, 15) is 14.4 Å². The highest BCUT2D eigenvalue weighted by Gasteiger charge is 2.15. The van der Waals surface area contributed by atoms with Gasteiger partial charge in [-0.25, -0.2) is 4.79 Å². The Balaban J connectivity index is 1.69. The van der Waals surface area contributed by atoms with Gasteiger partial charge in [0.15, 0.2) is 13.2 Å². The van der Waals surface area contributed by atoms with Crippen molar-refractivity contribution in [3.63, 3.8) is 0 Å². The number of esters is 1. The second-order valence-corrected chi connectivity index (χ2v) is 6.16. The highest BCUT2D eigenvalue weighted by Crippen LogP contribution is 2.22. The van der Waals surface area contributed by atoms with Crippen LogP contribution in [0.3, 0.4) is 0 Å². The minimum Gasteiger partial charge on any atom is -0.484 e. The van der Waals surface area contributed by atoms with Gasteiger partial charge in [0.1, 0.15) is 5.75 Å². The first kappa shape index (κ1) is 18.8. The Kier molecular flexibility index (Phi) is 7.25. The van der Waals surface area contributed by atoms with E-state index in [0.29, 0.717) is 23.8 Å². The van der Waals surface area contributed by atoms with Crippen molar-refractivity contribution >= 4 is 17.8 Å². The standard InChI is InChI=1S/C18H24N2O5/c19-16(21)11-24-15-8-6-14(7-9-15)18(23)25-12-17(22)20-10-13-4-2-1-3-5-13/h6-9,13H,1-5,10-12H2,(H2,19,21)(H,20,22). The van der Waals surface area contributed by atoms with Crippen LogP contribution >= 0.6 is 0 Å². The van der Waals surface area contributed by atoms with Crippen molar-refractivity contribution in [3.05, 3.63) is 29.8 Å². The van der Waals surface area contributed by atoms with Crippen LogP contribution in [-0.2, 0) is 14.3 Å². The lowest BCUT2D eigenvalue weighted by Gasteiger charge is -2.21. The van der Waals surface area contributed by atoms with E-state index >= 15 is 0 Å². The number of benzene rings is 1. The summed E-state index contributed by atoms with van der Waals surface area (Å²) in [6, 6.07) is 6.06. The molecule has 2 amide bonds. The smallest absolute Gasteiger partial charge is 0.338 e. The second-order valence-electron chi connectivity index (χ2n) is 6.16. The first-order valence-corrected chi connectivity index (χ1v) is 8.49. The number of primary amides is 1. The van der Waals surface area contributed by atoms with E-state index in [2.05, 4.69) is 5.32 Å². The van der Waals surface area contributed by atoms with Crippen LogP contribution in [0.4, 0.5) is 0 Å². The Labute approximate surface area is 146 Å². The maximum atomic E-state index is 11.9. The van der Waals surface area contributed by atoms with E-state index in [4.69, 9.17) is 15.2 Å². The van der Waals surface area contributed by atoms with E-state index in [1.165, 1.54) is 43.5 Å². The molecule has 136 valence electrons. The van der Waals surface area contributed by atoms with Crippen molar-refractivity contribution in [1.29, 1.82) is 0 Å². The molecule has 0 spiro atoms. The largest absolute Gasteiger partial charge is 0.484 e. The molecule has 25 heavy (non-hydrogen) atoms. The van der Waals surface area contributed by atoms with E-state index in [0.717, 1.165) is 12.8 Å². The Bertz CT molecular complexity index is 594. The van der Waals surface area contributed by atoms with Gasteiger partial charge in [-0.2, -0.15) is 0 Å². The summed E-state index contributed by atoms with van der Waals surface area (Å²) in [5, 5.41) is 2.82. The van der Waals surface area contributed by atoms with E-state index in [1.807, 2.05) is 0 Å². The highest BCUT2D eigenvalue weighted by atomic mass is 16.5. The molecule has 1 aliphatic carbocycles. The summed E-state index contributed by atoms with van der Waals surface area (Å²) in [6.07, 6.45) is 5.99. The number of ether oxygens (including phenoxy) is 2. The number of nitrogens with one attached hydrogen (secondary N) is 1. The third-order valence-electron chi connectivity index (χ3n) is 4.12. The molecule has 1 saturated carbocycles. The number of carbonyl (C=O) groups is 3. The maximum Gasteiger partial charge on any atom is 0.338 e. The summed E-state index contributed by atoms with van der Waals surface area (Å²) in [5.41, 5.74) is 5.28. The molecule has 1 aromatic carbocycles. The molecule has 7 nitrogen and oxygen atoms in total. The summed E-state index contributed by atoms with van der Waals surface area (Å²) in [5.74, 6) is -0.515. The van der Waals surface area contributed by atoms with Crippen molar-refractivity contribution in [1.82, 2.24) is 5.32 Å². The lowest BCUT2D eigenvalue weighted by Crippen LogP contribution is -2.33.